The number of nitriles is 1. The summed E-state index contributed by atoms with van der Waals surface area (Å²) in [7, 11) is 1.38. The zero-order chi connectivity index (χ0) is 15.2. The molecule has 1 N–H and O–H groups in total. The van der Waals surface area contributed by atoms with Crippen molar-refractivity contribution in [3.8, 4) is 11.8 Å². The first kappa shape index (κ1) is 15.3. The standard InChI is InChI=1S/C15H18FN3O2/c1-21-14-3-2-11(10-13(14)16)15(20)18-12-4-7-19(8-5-12)9-6-17/h2-3,10,12H,4-5,7-9H2,1H3,(H,18,20). The second-order valence-corrected chi connectivity index (χ2v) is 5.03. The van der Waals surface area contributed by atoms with Crippen LogP contribution >= 0.6 is 0 Å². The van der Waals surface area contributed by atoms with Gasteiger partial charge in [-0.15, -0.1) is 0 Å². The molecule has 1 amide bonds. The minimum Gasteiger partial charge on any atom is -0.494 e. The molecule has 1 aromatic rings. The van der Waals surface area contributed by atoms with E-state index in [4.69, 9.17) is 10.00 Å². The summed E-state index contributed by atoms with van der Waals surface area (Å²) in [5.74, 6) is -0.708. The lowest BCUT2D eigenvalue weighted by Crippen LogP contribution is -2.44. The molecule has 0 spiro atoms. The normalized spacial score (nSPS) is 16.2. The maximum atomic E-state index is 13.6. The Labute approximate surface area is 123 Å². The van der Waals surface area contributed by atoms with Crippen molar-refractivity contribution in [2.24, 2.45) is 0 Å². The Bertz CT molecular complexity index is 548. The van der Waals surface area contributed by atoms with Crippen LogP contribution in [0, 0.1) is 17.1 Å². The summed E-state index contributed by atoms with van der Waals surface area (Å²) in [5.41, 5.74) is 0.285. The minimum atomic E-state index is -0.547. The second-order valence-electron chi connectivity index (χ2n) is 5.03. The molecule has 0 unspecified atom stereocenters. The van der Waals surface area contributed by atoms with Crippen LogP contribution in [0.5, 0.6) is 5.75 Å². The van der Waals surface area contributed by atoms with Gasteiger partial charge in [-0.1, -0.05) is 0 Å². The molecular weight excluding hydrogens is 273 g/mol. The molecule has 112 valence electrons. The van der Waals surface area contributed by atoms with E-state index in [1.54, 1.807) is 6.07 Å². The van der Waals surface area contributed by atoms with E-state index in [1.165, 1.54) is 19.2 Å². The van der Waals surface area contributed by atoms with Gasteiger partial charge in [0.05, 0.1) is 19.7 Å². The van der Waals surface area contributed by atoms with E-state index in [2.05, 4.69) is 16.3 Å². The van der Waals surface area contributed by atoms with Crippen LogP contribution in [0.2, 0.25) is 0 Å². The molecule has 1 saturated heterocycles. The third kappa shape index (κ3) is 3.92. The van der Waals surface area contributed by atoms with Crippen molar-refractivity contribution < 1.29 is 13.9 Å². The number of ether oxygens (including phenoxy) is 1. The van der Waals surface area contributed by atoms with E-state index in [1.807, 2.05) is 0 Å². The monoisotopic (exact) mass is 291 g/mol. The molecule has 1 aliphatic rings. The molecule has 0 bridgehead atoms. The summed E-state index contributed by atoms with van der Waals surface area (Å²) < 4.78 is 18.4. The summed E-state index contributed by atoms with van der Waals surface area (Å²) in [6.07, 6.45) is 1.60. The highest BCUT2D eigenvalue weighted by molar-refractivity contribution is 5.94. The SMILES string of the molecule is COc1ccc(C(=O)NC2CCN(CC#N)CC2)cc1F. The highest BCUT2D eigenvalue weighted by atomic mass is 19.1. The van der Waals surface area contributed by atoms with E-state index in [9.17, 15) is 9.18 Å². The molecule has 0 radical (unpaired) electrons. The summed E-state index contributed by atoms with van der Waals surface area (Å²) in [6.45, 7) is 2.00. The van der Waals surface area contributed by atoms with Crippen molar-refractivity contribution in [1.82, 2.24) is 10.2 Å². The first-order chi connectivity index (χ1) is 10.1. The Hall–Kier alpha value is -2.13. The van der Waals surface area contributed by atoms with Crippen molar-refractivity contribution >= 4 is 5.91 Å². The van der Waals surface area contributed by atoms with Crippen LogP contribution in [0.15, 0.2) is 18.2 Å². The van der Waals surface area contributed by atoms with Gasteiger partial charge >= 0.3 is 0 Å². The lowest BCUT2D eigenvalue weighted by molar-refractivity contribution is 0.0914. The number of methoxy groups -OCH3 is 1. The van der Waals surface area contributed by atoms with Crippen LogP contribution in [-0.4, -0.2) is 43.6 Å². The Morgan fingerprint density at radius 2 is 2.24 bits per heavy atom. The Kier molecular flexibility index (Phi) is 5.12. The number of carbonyl (C=O) groups excluding carboxylic acids is 1. The smallest absolute Gasteiger partial charge is 0.251 e. The van der Waals surface area contributed by atoms with Gasteiger partial charge in [0, 0.05) is 24.7 Å². The van der Waals surface area contributed by atoms with Gasteiger partial charge in [0.15, 0.2) is 11.6 Å². The van der Waals surface area contributed by atoms with E-state index < -0.39 is 5.82 Å². The van der Waals surface area contributed by atoms with Gasteiger partial charge in [0.1, 0.15) is 0 Å². The molecule has 6 heteroatoms. The minimum absolute atomic E-state index is 0.0672. The van der Waals surface area contributed by atoms with Crippen LogP contribution in [0.25, 0.3) is 0 Å². The topological polar surface area (TPSA) is 65.4 Å². The summed E-state index contributed by atoms with van der Waals surface area (Å²) in [4.78, 5) is 14.1. The molecule has 21 heavy (non-hydrogen) atoms. The van der Waals surface area contributed by atoms with Crippen molar-refractivity contribution in [1.29, 1.82) is 5.26 Å². The van der Waals surface area contributed by atoms with Crippen molar-refractivity contribution in [2.75, 3.05) is 26.7 Å². The van der Waals surface area contributed by atoms with Gasteiger partial charge in [-0.05, 0) is 31.0 Å². The molecule has 0 atom stereocenters. The van der Waals surface area contributed by atoms with Crippen LogP contribution < -0.4 is 10.1 Å². The predicted octanol–water partition coefficient (Wildman–Crippen LogP) is 1.55. The number of nitrogens with zero attached hydrogens (tertiary/aromatic N) is 2. The summed E-state index contributed by atoms with van der Waals surface area (Å²) >= 11 is 0. The number of rotatable bonds is 4. The van der Waals surface area contributed by atoms with Crippen molar-refractivity contribution in [3.05, 3.63) is 29.6 Å². The Morgan fingerprint density at radius 1 is 1.52 bits per heavy atom. The molecule has 1 heterocycles. The number of piperidine rings is 1. The first-order valence-electron chi connectivity index (χ1n) is 6.87. The molecule has 5 nitrogen and oxygen atoms in total. The average molecular weight is 291 g/mol. The lowest BCUT2D eigenvalue weighted by atomic mass is 10.0. The Morgan fingerprint density at radius 3 is 2.81 bits per heavy atom. The third-order valence-electron chi connectivity index (χ3n) is 3.63. The zero-order valence-electron chi connectivity index (χ0n) is 11.9. The number of hydrogen-bond donors (Lipinski definition) is 1. The number of nitrogens with one attached hydrogen (secondary N) is 1. The molecule has 1 fully saturated rings. The molecule has 0 saturated carbocycles. The quantitative estimate of drug-likeness (QED) is 0.855. The first-order valence-corrected chi connectivity index (χ1v) is 6.87. The molecule has 0 aromatic heterocycles. The van der Waals surface area contributed by atoms with Crippen molar-refractivity contribution in [2.45, 2.75) is 18.9 Å². The van der Waals surface area contributed by atoms with Crippen LogP contribution in [-0.2, 0) is 0 Å². The van der Waals surface area contributed by atoms with E-state index in [0.29, 0.717) is 6.54 Å². The number of likely N-dealkylation sites (tertiary alicyclic amines) is 1. The lowest BCUT2D eigenvalue weighted by Gasteiger charge is -2.30. The number of carbonyl (C=O) groups is 1. The molecule has 1 aliphatic heterocycles. The fourth-order valence-corrected chi connectivity index (χ4v) is 2.41. The maximum Gasteiger partial charge on any atom is 0.251 e. The molecule has 0 aliphatic carbocycles. The summed E-state index contributed by atoms with van der Waals surface area (Å²) in [5, 5.41) is 11.5. The van der Waals surface area contributed by atoms with Gasteiger partial charge in [0.25, 0.3) is 5.91 Å². The largest absolute Gasteiger partial charge is 0.494 e. The highest BCUT2D eigenvalue weighted by Gasteiger charge is 2.21. The number of hydrogen-bond acceptors (Lipinski definition) is 4. The van der Waals surface area contributed by atoms with E-state index in [0.717, 1.165) is 25.9 Å². The van der Waals surface area contributed by atoms with E-state index >= 15 is 0 Å². The zero-order valence-corrected chi connectivity index (χ0v) is 11.9. The second kappa shape index (κ2) is 7.04. The fourth-order valence-electron chi connectivity index (χ4n) is 2.41. The Balaban J connectivity index is 1.91. The third-order valence-corrected chi connectivity index (χ3v) is 3.63. The van der Waals surface area contributed by atoms with E-state index in [-0.39, 0.29) is 23.3 Å². The highest BCUT2D eigenvalue weighted by Crippen LogP contribution is 2.18. The van der Waals surface area contributed by atoms with Crippen LogP contribution in [0.1, 0.15) is 23.2 Å². The van der Waals surface area contributed by atoms with Gasteiger partial charge in [-0.25, -0.2) is 4.39 Å². The molecular formula is C15H18FN3O2. The molecule has 1 aromatic carbocycles. The van der Waals surface area contributed by atoms with Crippen molar-refractivity contribution in [3.63, 3.8) is 0 Å². The van der Waals surface area contributed by atoms with Gasteiger partial charge < -0.3 is 10.1 Å². The fraction of sp³-hybridized carbons (Fsp3) is 0.467. The predicted molar refractivity (Wildman–Crippen MR) is 75.5 cm³/mol. The number of amides is 1. The average Bonchev–Trinajstić information content (AvgIpc) is 2.49. The van der Waals surface area contributed by atoms with Gasteiger partial charge in [-0.2, -0.15) is 5.26 Å². The number of halogens is 1. The maximum absolute atomic E-state index is 13.6. The molecule has 2 rings (SSSR count). The van der Waals surface area contributed by atoms with Gasteiger partial charge in [-0.3, -0.25) is 9.69 Å². The van der Waals surface area contributed by atoms with Gasteiger partial charge in [0.2, 0.25) is 0 Å². The summed E-state index contributed by atoms with van der Waals surface area (Å²) in [6, 6.07) is 6.36. The van der Waals surface area contributed by atoms with Crippen LogP contribution in [0.3, 0.4) is 0 Å². The number of benzene rings is 1. The van der Waals surface area contributed by atoms with Crippen LogP contribution in [0.4, 0.5) is 4.39 Å².